The van der Waals surface area contributed by atoms with Gasteiger partial charge >= 0.3 is 0 Å². The predicted octanol–water partition coefficient (Wildman–Crippen LogP) is 4.69. The third-order valence-corrected chi connectivity index (χ3v) is 8.64. The molecule has 34 heavy (non-hydrogen) atoms. The summed E-state index contributed by atoms with van der Waals surface area (Å²) in [6, 6.07) is 10.5. The Morgan fingerprint density at radius 1 is 1.21 bits per heavy atom. The van der Waals surface area contributed by atoms with E-state index in [2.05, 4.69) is 10.6 Å². The summed E-state index contributed by atoms with van der Waals surface area (Å²) in [7, 11) is -2.30. The molecule has 184 valence electrons. The highest BCUT2D eigenvalue weighted by Gasteiger charge is 2.25. The van der Waals surface area contributed by atoms with Gasteiger partial charge in [-0.3, -0.25) is 9.10 Å². The Hall–Kier alpha value is -2.35. The second kappa shape index (κ2) is 11.4. The van der Waals surface area contributed by atoms with E-state index in [4.69, 9.17) is 11.6 Å². The molecule has 2 aromatic rings. The fourth-order valence-electron chi connectivity index (χ4n) is 4.36. The molecule has 2 aromatic carbocycles. The summed E-state index contributed by atoms with van der Waals surface area (Å²) in [6.07, 6.45) is 6.36. The van der Waals surface area contributed by atoms with Crippen LogP contribution in [-0.4, -0.2) is 40.5 Å². The van der Waals surface area contributed by atoms with Gasteiger partial charge in [-0.15, -0.1) is 0 Å². The van der Waals surface area contributed by atoms with E-state index in [1.165, 1.54) is 17.4 Å². The number of benzene rings is 2. The number of carbonyl (C=O) groups excluding carboxylic acids is 1. The molecule has 1 fully saturated rings. The Bertz CT molecular complexity index is 1160. The van der Waals surface area contributed by atoms with Crippen LogP contribution in [0, 0.1) is 19.8 Å². The molecule has 1 atom stereocenters. The molecule has 6 nitrogen and oxygen atoms in total. The van der Waals surface area contributed by atoms with E-state index in [-0.39, 0.29) is 16.8 Å². The average molecular weight is 504 g/mol. The van der Waals surface area contributed by atoms with Gasteiger partial charge < -0.3 is 10.6 Å². The molecule has 0 unspecified atom stereocenters. The van der Waals surface area contributed by atoms with Crippen LogP contribution in [0.4, 0.5) is 5.69 Å². The number of amides is 1. The van der Waals surface area contributed by atoms with Gasteiger partial charge in [0, 0.05) is 24.2 Å². The van der Waals surface area contributed by atoms with Crippen molar-refractivity contribution in [3.05, 3.63) is 64.2 Å². The predicted molar refractivity (Wildman–Crippen MR) is 140 cm³/mol. The molecule has 1 aliphatic rings. The quantitative estimate of drug-likeness (QED) is 0.512. The fraction of sp³-hybridized carbons (Fsp3) is 0.423. The summed E-state index contributed by atoms with van der Waals surface area (Å²) in [5.74, 6) is 0.436. The van der Waals surface area contributed by atoms with E-state index in [9.17, 15) is 13.2 Å². The van der Waals surface area contributed by atoms with Crippen molar-refractivity contribution in [2.75, 3.05) is 24.4 Å². The van der Waals surface area contributed by atoms with Crippen LogP contribution in [0.2, 0.25) is 5.02 Å². The number of carbonyl (C=O) groups is 1. The molecule has 3 rings (SSSR count). The largest absolute Gasteiger partial charge is 0.350 e. The van der Waals surface area contributed by atoms with E-state index in [1.807, 2.05) is 13.0 Å². The number of sulfonamides is 1. The monoisotopic (exact) mass is 503 g/mol. The van der Waals surface area contributed by atoms with Crippen LogP contribution in [0.1, 0.15) is 42.9 Å². The molecule has 2 N–H and O–H groups in total. The number of halogens is 1. The van der Waals surface area contributed by atoms with Gasteiger partial charge in [0.2, 0.25) is 5.91 Å². The highest BCUT2D eigenvalue weighted by Crippen LogP contribution is 2.30. The summed E-state index contributed by atoms with van der Waals surface area (Å²) < 4.78 is 28.1. The smallest absolute Gasteiger partial charge is 0.264 e. The number of hydrogen-bond acceptors (Lipinski definition) is 4. The van der Waals surface area contributed by atoms with E-state index in [1.54, 1.807) is 50.3 Å². The van der Waals surface area contributed by atoms with Gasteiger partial charge in [0.15, 0.2) is 0 Å². The first-order valence-electron chi connectivity index (χ1n) is 11.6. The maximum absolute atomic E-state index is 13.4. The van der Waals surface area contributed by atoms with Gasteiger partial charge in [-0.1, -0.05) is 29.8 Å². The number of para-hydroxylation sites is 1. The van der Waals surface area contributed by atoms with Crippen LogP contribution in [0.5, 0.6) is 0 Å². The van der Waals surface area contributed by atoms with Gasteiger partial charge in [0.05, 0.1) is 10.6 Å². The first kappa shape index (κ1) is 26.3. The summed E-state index contributed by atoms with van der Waals surface area (Å²) in [4.78, 5) is 12.7. The molecule has 0 bridgehead atoms. The lowest BCUT2D eigenvalue weighted by Crippen LogP contribution is -2.36. The van der Waals surface area contributed by atoms with E-state index < -0.39 is 10.0 Å². The molecular weight excluding hydrogens is 470 g/mol. The zero-order chi connectivity index (χ0) is 24.9. The number of nitrogens with one attached hydrogen (secondary N) is 2. The van der Waals surface area contributed by atoms with Gasteiger partial charge in [-0.05, 0) is 100 Å². The minimum absolute atomic E-state index is 0.0784. The van der Waals surface area contributed by atoms with Gasteiger partial charge in [0.1, 0.15) is 0 Å². The summed E-state index contributed by atoms with van der Waals surface area (Å²) in [5.41, 5.74) is 2.40. The number of piperidine rings is 1. The molecule has 0 aromatic heterocycles. The number of anilines is 1. The second-order valence-corrected chi connectivity index (χ2v) is 11.4. The van der Waals surface area contributed by atoms with Crippen LogP contribution in [0.25, 0.3) is 6.08 Å². The highest BCUT2D eigenvalue weighted by atomic mass is 35.5. The number of nitrogens with zero attached hydrogens (tertiary/aromatic N) is 1. The minimum Gasteiger partial charge on any atom is -0.350 e. The lowest BCUT2D eigenvalue weighted by atomic mass is 9.91. The first-order valence-corrected chi connectivity index (χ1v) is 13.5. The first-order chi connectivity index (χ1) is 16.1. The van der Waals surface area contributed by atoms with Crippen molar-refractivity contribution < 1.29 is 13.2 Å². The number of hydrogen-bond donors (Lipinski definition) is 2. The SMILES string of the molecule is Cc1cc(S(=O)(=O)N(C)c2ccccc2/C=C/C(=O)N[C@H](C)CC2CCNCC2)c(C)cc1Cl. The fourth-order valence-corrected chi connectivity index (χ4v) is 6.09. The summed E-state index contributed by atoms with van der Waals surface area (Å²) in [5, 5.41) is 6.92. The van der Waals surface area contributed by atoms with E-state index in [0.29, 0.717) is 33.3 Å². The molecule has 0 saturated carbocycles. The number of rotatable bonds is 8. The minimum atomic E-state index is -3.82. The second-order valence-electron chi connectivity index (χ2n) is 9.07. The van der Waals surface area contributed by atoms with Crippen LogP contribution in [0.15, 0.2) is 47.4 Å². The van der Waals surface area contributed by atoms with Crippen molar-refractivity contribution in [1.82, 2.24) is 10.6 Å². The van der Waals surface area contributed by atoms with E-state index in [0.717, 1.165) is 32.4 Å². The van der Waals surface area contributed by atoms with Crippen LogP contribution in [0.3, 0.4) is 0 Å². The Balaban J connectivity index is 1.75. The molecule has 1 aliphatic heterocycles. The van der Waals surface area contributed by atoms with Gasteiger partial charge in [-0.25, -0.2) is 8.42 Å². The molecule has 0 spiro atoms. The molecule has 1 heterocycles. The van der Waals surface area contributed by atoms with Crippen molar-refractivity contribution in [1.29, 1.82) is 0 Å². The summed E-state index contributed by atoms with van der Waals surface area (Å²) in [6.45, 7) is 7.61. The molecule has 1 saturated heterocycles. The zero-order valence-electron chi connectivity index (χ0n) is 20.3. The van der Waals surface area contributed by atoms with Crippen LogP contribution < -0.4 is 14.9 Å². The Morgan fingerprint density at radius 3 is 2.59 bits per heavy atom. The summed E-state index contributed by atoms with van der Waals surface area (Å²) >= 11 is 6.16. The maximum atomic E-state index is 13.4. The lowest BCUT2D eigenvalue weighted by molar-refractivity contribution is -0.117. The van der Waals surface area contributed by atoms with Gasteiger partial charge in [-0.2, -0.15) is 0 Å². The van der Waals surface area contributed by atoms with Crippen molar-refractivity contribution in [2.24, 2.45) is 5.92 Å². The zero-order valence-corrected chi connectivity index (χ0v) is 21.8. The highest BCUT2D eigenvalue weighted by molar-refractivity contribution is 7.92. The molecule has 0 aliphatic carbocycles. The Labute approximate surface area is 208 Å². The third-order valence-electron chi connectivity index (χ3n) is 6.32. The molecular formula is C26H34ClN3O3S. The van der Waals surface area contributed by atoms with Crippen molar-refractivity contribution >= 4 is 39.3 Å². The average Bonchev–Trinajstić information content (AvgIpc) is 2.80. The lowest BCUT2D eigenvalue weighted by Gasteiger charge is -2.25. The maximum Gasteiger partial charge on any atom is 0.264 e. The van der Waals surface area contributed by atoms with E-state index >= 15 is 0 Å². The third kappa shape index (κ3) is 6.40. The van der Waals surface area contributed by atoms with Crippen molar-refractivity contribution in [2.45, 2.75) is 51.0 Å². The normalized spacial score (nSPS) is 15.9. The molecule has 8 heteroatoms. The van der Waals surface area contributed by atoms with Crippen LogP contribution in [-0.2, 0) is 14.8 Å². The molecule has 1 amide bonds. The van der Waals surface area contributed by atoms with Crippen molar-refractivity contribution in [3.8, 4) is 0 Å². The number of aryl methyl sites for hydroxylation is 2. The van der Waals surface area contributed by atoms with Crippen molar-refractivity contribution in [3.63, 3.8) is 0 Å². The topological polar surface area (TPSA) is 78.5 Å². The Kier molecular flexibility index (Phi) is 8.79. The van der Waals surface area contributed by atoms with Gasteiger partial charge in [0.25, 0.3) is 10.0 Å². The standard InChI is InChI=1S/C26H34ClN3O3S/c1-18-16-25(19(2)15-23(18)27)34(32,33)30(4)24-8-6-5-7-22(24)9-10-26(31)29-20(3)17-21-11-13-28-14-12-21/h5-10,15-16,20-21,28H,11-14,17H2,1-4H3,(H,29,31)/b10-9+/t20-/m1/s1. The Morgan fingerprint density at radius 2 is 1.88 bits per heavy atom. The molecule has 0 radical (unpaired) electrons. The van der Waals surface area contributed by atoms with Crippen LogP contribution >= 0.6 is 11.6 Å².